The van der Waals surface area contributed by atoms with E-state index in [1.165, 1.54) is 27.1 Å². The zero-order valence-electron chi connectivity index (χ0n) is 19.2. The normalized spacial score (nSPS) is 17.5. The Kier molecular flexibility index (Phi) is 12.7. The standard InChI is InChI=1S/C12H11Si.C9H13.C6H11NO.Ti/c1-3-7-11(8-4-1)13-12-9-5-2-6-10-12;1-6-5-7(2)9(4)8(6)3;7-6(8)5-3-1-2-4-5;/h1-10,13H;6H,1-4H3;5H,1-4H2,(H2,7,8);/q;-1;;+2/p-1. The molecule has 2 aromatic carbocycles. The van der Waals surface area contributed by atoms with E-state index < -0.39 is 0 Å². The molecule has 1 amide bonds. The molecule has 2 aliphatic rings. The summed E-state index contributed by atoms with van der Waals surface area (Å²) in [5, 5.41) is 2.90. The summed E-state index contributed by atoms with van der Waals surface area (Å²) in [5.41, 5.74) is 11.0. The third kappa shape index (κ3) is 9.55. The van der Waals surface area contributed by atoms with Crippen LogP contribution in [0.15, 0.2) is 77.4 Å². The Bertz CT molecular complexity index is 818. The summed E-state index contributed by atoms with van der Waals surface area (Å²) in [6.45, 7) is 8.67. The molecule has 4 heteroatoms. The summed E-state index contributed by atoms with van der Waals surface area (Å²) >= 11 is 0. The van der Waals surface area contributed by atoms with Crippen molar-refractivity contribution in [1.29, 1.82) is 0 Å². The van der Waals surface area contributed by atoms with E-state index in [1.54, 1.807) is 0 Å². The first kappa shape index (κ1) is 27.4. The fraction of sp³-hybridized carbons (Fsp3) is 0.370. The maximum Gasteiger partial charge on any atom is 2.00 e. The van der Waals surface area contributed by atoms with Crippen molar-refractivity contribution in [2.75, 3.05) is 0 Å². The van der Waals surface area contributed by atoms with E-state index in [0.717, 1.165) is 25.7 Å². The van der Waals surface area contributed by atoms with Gasteiger partial charge in [-0.05, 0) is 12.8 Å². The van der Waals surface area contributed by atoms with Crippen LogP contribution in [0.5, 0.6) is 0 Å². The van der Waals surface area contributed by atoms with Crippen LogP contribution >= 0.6 is 0 Å². The summed E-state index contributed by atoms with van der Waals surface area (Å²) in [6, 6.07) is 21.3. The number of hydrogen-bond donors (Lipinski definition) is 0. The van der Waals surface area contributed by atoms with Crippen LogP contribution in [-0.2, 0) is 26.5 Å². The second-order valence-corrected chi connectivity index (χ2v) is 9.73. The van der Waals surface area contributed by atoms with Gasteiger partial charge in [-0.25, -0.2) is 5.57 Å². The van der Waals surface area contributed by atoms with Gasteiger partial charge < -0.3 is 10.5 Å². The Hall–Kier alpha value is -1.68. The number of carbonyl (C=O) groups is 1. The van der Waals surface area contributed by atoms with E-state index >= 15 is 0 Å². The predicted molar refractivity (Wildman–Crippen MR) is 131 cm³/mol. The molecule has 31 heavy (non-hydrogen) atoms. The maximum absolute atomic E-state index is 10.3. The van der Waals surface area contributed by atoms with Crippen LogP contribution in [0.25, 0.3) is 5.73 Å². The van der Waals surface area contributed by atoms with Gasteiger partial charge in [0.15, 0.2) is 0 Å². The Morgan fingerprint density at radius 2 is 1.35 bits per heavy atom. The minimum absolute atomic E-state index is 0. The molecule has 1 N–H and O–H groups in total. The molecular formula is C27H34NOSiTi. The molecule has 1 saturated carbocycles. The number of amides is 1. The molecule has 0 saturated heterocycles. The second kappa shape index (κ2) is 14.4. The first-order valence-corrected chi connectivity index (χ1v) is 12.0. The molecule has 0 heterocycles. The van der Waals surface area contributed by atoms with Gasteiger partial charge in [-0.3, -0.25) is 6.08 Å². The van der Waals surface area contributed by atoms with Gasteiger partial charge >= 0.3 is 21.7 Å². The third-order valence-corrected chi connectivity index (χ3v) is 7.33. The average molecular weight is 465 g/mol. The van der Waals surface area contributed by atoms with Gasteiger partial charge in [0.1, 0.15) is 9.52 Å². The van der Waals surface area contributed by atoms with E-state index in [9.17, 15) is 4.79 Å². The van der Waals surface area contributed by atoms with E-state index in [4.69, 9.17) is 5.73 Å². The first-order valence-electron chi connectivity index (χ1n) is 10.9. The Morgan fingerprint density at radius 3 is 1.61 bits per heavy atom. The van der Waals surface area contributed by atoms with E-state index in [1.807, 2.05) is 0 Å². The third-order valence-electron chi connectivity index (χ3n) is 5.89. The number of hydrogen-bond acceptors (Lipinski definition) is 1. The molecule has 0 spiro atoms. The molecule has 2 nitrogen and oxygen atoms in total. The molecule has 1 fully saturated rings. The maximum atomic E-state index is 10.3. The molecular weight excluding hydrogens is 430 g/mol. The van der Waals surface area contributed by atoms with Crippen molar-refractivity contribution in [2.45, 2.75) is 53.4 Å². The van der Waals surface area contributed by atoms with Gasteiger partial charge in [0.2, 0.25) is 0 Å². The van der Waals surface area contributed by atoms with Gasteiger partial charge in [0.05, 0.1) is 5.91 Å². The van der Waals surface area contributed by atoms with Crippen molar-refractivity contribution < 1.29 is 26.5 Å². The zero-order chi connectivity index (χ0) is 21.9. The van der Waals surface area contributed by atoms with Gasteiger partial charge in [-0.1, -0.05) is 111 Å². The molecule has 4 rings (SSSR count). The van der Waals surface area contributed by atoms with Crippen molar-refractivity contribution in [3.8, 4) is 0 Å². The second-order valence-electron chi connectivity index (χ2n) is 8.11. The summed E-state index contributed by atoms with van der Waals surface area (Å²) in [6.07, 6.45) is 7.58. The average Bonchev–Trinajstić information content (AvgIpc) is 3.37. The van der Waals surface area contributed by atoms with Gasteiger partial charge in [0, 0.05) is 5.92 Å². The van der Waals surface area contributed by atoms with E-state index in [2.05, 4.69) is 94.4 Å². The molecule has 1 atom stereocenters. The number of carbonyl (C=O) groups excluding carboxylic acids is 1. The van der Waals surface area contributed by atoms with Crippen LogP contribution in [-0.4, -0.2) is 15.4 Å². The minimum Gasteiger partial charge on any atom is -0.668 e. The molecule has 161 valence electrons. The monoisotopic (exact) mass is 464 g/mol. The van der Waals surface area contributed by atoms with Crippen LogP contribution in [0, 0.1) is 17.9 Å². The van der Waals surface area contributed by atoms with E-state index in [-0.39, 0.29) is 43.1 Å². The largest absolute Gasteiger partial charge is 2.00 e. The Morgan fingerprint density at radius 1 is 0.903 bits per heavy atom. The van der Waals surface area contributed by atoms with Crippen LogP contribution in [0.4, 0.5) is 0 Å². The predicted octanol–water partition coefficient (Wildman–Crippen LogP) is 5.55. The van der Waals surface area contributed by atoms with Crippen molar-refractivity contribution in [2.24, 2.45) is 11.8 Å². The fourth-order valence-corrected chi connectivity index (χ4v) is 4.86. The Balaban J connectivity index is 0.000000238. The van der Waals surface area contributed by atoms with Crippen molar-refractivity contribution in [3.05, 3.63) is 89.2 Å². The molecule has 2 aromatic rings. The number of rotatable bonds is 3. The SMILES string of the molecule is CC1=[C-]C(C)C(C)=C1C.[NH-]C(=O)C1CCCC1.[Ti+2].c1ccc([SiH]c2ccccc2)cc1. The van der Waals surface area contributed by atoms with Gasteiger partial charge in [0.25, 0.3) is 0 Å². The minimum atomic E-state index is -0.359. The van der Waals surface area contributed by atoms with Crippen LogP contribution in [0.2, 0.25) is 0 Å². The van der Waals surface area contributed by atoms with Crippen LogP contribution in [0.3, 0.4) is 0 Å². The quantitative estimate of drug-likeness (QED) is 0.434. The number of nitrogens with one attached hydrogen (secondary N) is 1. The smallest absolute Gasteiger partial charge is 0.668 e. The van der Waals surface area contributed by atoms with Crippen LogP contribution in [0.1, 0.15) is 53.4 Å². The first-order chi connectivity index (χ1) is 14.4. The molecule has 0 aliphatic heterocycles. The molecule has 0 aromatic heterocycles. The van der Waals surface area contributed by atoms with Crippen molar-refractivity contribution in [3.63, 3.8) is 0 Å². The summed E-state index contributed by atoms with van der Waals surface area (Å²) in [5.74, 6) is 0.294. The Labute approximate surface area is 206 Å². The zero-order valence-corrected chi connectivity index (χ0v) is 22.0. The van der Waals surface area contributed by atoms with Gasteiger partial charge in [-0.15, -0.1) is 6.92 Å². The fourth-order valence-electron chi connectivity index (χ4n) is 3.64. The summed E-state index contributed by atoms with van der Waals surface area (Å²) in [4.78, 5) is 10.3. The van der Waals surface area contributed by atoms with Crippen LogP contribution < -0.4 is 10.4 Å². The number of allylic oxidation sites excluding steroid dienone is 4. The summed E-state index contributed by atoms with van der Waals surface area (Å²) in [7, 11) is 0.271. The molecule has 1 unspecified atom stereocenters. The molecule has 1 radical (unpaired) electrons. The van der Waals surface area contributed by atoms with Gasteiger partial charge in [-0.2, -0.15) is 11.1 Å². The topological polar surface area (TPSA) is 40.9 Å². The molecule has 2 aliphatic carbocycles. The van der Waals surface area contributed by atoms with Crippen molar-refractivity contribution in [1.82, 2.24) is 0 Å². The number of benzene rings is 2. The van der Waals surface area contributed by atoms with Crippen molar-refractivity contribution >= 4 is 25.8 Å². The molecule has 0 bridgehead atoms. The van der Waals surface area contributed by atoms with E-state index in [0.29, 0.717) is 5.92 Å². The summed E-state index contributed by atoms with van der Waals surface area (Å²) < 4.78 is 0.